The van der Waals surface area contributed by atoms with Gasteiger partial charge in [-0.3, -0.25) is 24.5 Å². The number of fused-ring (bicyclic) bond motifs is 1. The molecule has 0 fully saturated rings. The third-order valence-electron chi connectivity index (χ3n) is 5.78. The van der Waals surface area contributed by atoms with Crippen LogP contribution in [0.25, 0.3) is 10.9 Å². The van der Waals surface area contributed by atoms with E-state index in [1.54, 1.807) is 54.6 Å². The Labute approximate surface area is 204 Å². The molecule has 3 aromatic heterocycles. The van der Waals surface area contributed by atoms with Gasteiger partial charge in [-0.2, -0.15) is 0 Å². The molecule has 1 aromatic carbocycles. The maximum atomic E-state index is 12.3. The van der Waals surface area contributed by atoms with E-state index in [0.717, 1.165) is 36.2 Å². The first-order valence-corrected chi connectivity index (χ1v) is 11.6. The van der Waals surface area contributed by atoms with Crippen LogP contribution >= 0.6 is 0 Å². The predicted octanol–water partition coefficient (Wildman–Crippen LogP) is 3.03. The van der Waals surface area contributed by atoms with Crippen LogP contribution in [-0.4, -0.2) is 51.6 Å². The van der Waals surface area contributed by atoms with Crippen molar-refractivity contribution in [2.24, 2.45) is 7.05 Å². The smallest absolute Gasteiger partial charge is 0.252 e. The second-order valence-electron chi connectivity index (χ2n) is 8.28. The van der Waals surface area contributed by atoms with Crippen LogP contribution in [0.3, 0.4) is 0 Å². The molecule has 8 nitrogen and oxygen atoms in total. The Hall–Kier alpha value is -4.04. The van der Waals surface area contributed by atoms with E-state index < -0.39 is 0 Å². The zero-order valence-electron chi connectivity index (χ0n) is 19.8. The molecule has 0 spiro atoms. The number of rotatable bonds is 11. The number of aryl methyl sites for hydroxylation is 1. The van der Waals surface area contributed by atoms with Crippen molar-refractivity contribution in [1.82, 2.24) is 24.8 Å². The quantitative estimate of drug-likeness (QED) is 0.338. The van der Waals surface area contributed by atoms with Crippen molar-refractivity contribution in [3.8, 4) is 5.75 Å². The fourth-order valence-electron chi connectivity index (χ4n) is 3.87. The monoisotopic (exact) mass is 471 g/mol. The summed E-state index contributed by atoms with van der Waals surface area (Å²) in [5.41, 5.74) is 2.57. The second kappa shape index (κ2) is 11.9. The molecule has 4 rings (SSSR count). The van der Waals surface area contributed by atoms with Gasteiger partial charge >= 0.3 is 0 Å². The third kappa shape index (κ3) is 6.74. The summed E-state index contributed by atoms with van der Waals surface area (Å²) < 4.78 is 7.61. The largest absolute Gasteiger partial charge is 0.494 e. The van der Waals surface area contributed by atoms with Gasteiger partial charge in [0, 0.05) is 69.5 Å². The number of ether oxygens (including phenoxy) is 1. The molecule has 4 aromatic rings. The highest BCUT2D eigenvalue weighted by atomic mass is 16.5. The Morgan fingerprint density at radius 3 is 2.69 bits per heavy atom. The van der Waals surface area contributed by atoms with E-state index in [9.17, 15) is 9.59 Å². The number of carbonyl (C=O) groups excluding carboxylic acids is 1. The van der Waals surface area contributed by atoms with E-state index in [1.165, 1.54) is 5.56 Å². The van der Waals surface area contributed by atoms with Gasteiger partial charge in [0.15, 0.2) is 0 Å². The predicted molar refractivity (Wildman–Crippen MR) is 135 cm³/mol. The van der Waals surface area contributed by atoms with Crippen LogP contribution in [0.2, 0.25) is 0 Å². The average Bonchev–Trinajstić information content (AvgIpc) is 2.89. The summed E-state index contributed by atoms with van der Waals surface area (Å²) in [5, 5.41) is 3.93. The van der Waals surface area contributed by atoms with Crippen molar-refractivity contribution < 1.29 is 9.53 Å². The van der Waals surface area contributed by atoms with E-state index >= 15 is 0 Å². The number of hydrogen-bond donors (Lipinski definition) is 1. The van der Waals surface area contributed by atoms with E-state index in [0.29, 0.717) is 25.3 Å². The molecule has 0 saturated heterocycles. The fourth-order valence-corrected chi connectivity index (χ4v) is 3.87. The molecule has 0 aliphatic rings. The molecule has 35 heavy (non-hydrogen) atoms. The molecule has 0 radical (unpaired) electrons. The topological polar surface area (TPSA) is 89.4 Å². The first-order chi connectivity index (χ1) is 17.1. The van der Waals surface area contributed by atoms with Gasteiger partial charge in [-0.05, 0) is 60.5 Å². The van der Waals surface area contributed by atoms with Gasteiger partial charge in [-0.15, -0.1) is 0 Å². The van der Waals surface area contributed by atoms with Crippen molar-refractivity contribution >= 4 is 16.8 Å². The van der Waals surface area contributed by atoms with E-state index in [4.69, 9.17) is 4.74 Å². The minimum absolute atomic E-state index is 0.0305. The lowest BCUT2D eigenvalue weighted by molar-refractivity contribution is 0.0946. The molecular formula is C27H29N5O3. The van der Waals surface area contributed by atoms with Gasteiger partial charge in [0.25, 0.3) is 11.5 Å². The molecule has 0 saturated carbocycles. The molecule has 0 aliphatic heterocycles. The lowest BCUT2D eigenvalue weighted by Gasteiger charge is -2.22. The van der Waals surface area contributed by atoms with Crippen molar-refractivity contribution in [1.29, 1.82) is 0 Å². The standard InChI is InChI=1S/C27H29N5O3/c1-31-25-7-6-24(18-22(25)5-8-26(31)33)35-17-3-15-32(20-21-9-12-28-13-10-21)16-14-30-27(34)23-4-2-11-29-19-23/h2,4-13,18-19H,3,14-17,20H2,1H3,(H,30,34). The minimum atomic E-state index is -0.126. The lowest BCUT2D eigenvalue weighted by atomic mass is 10.2. The van der Waals surface area contributed by atoms with E-state index in [2.05, 4.69) is 20.2 Å². The van der Waals surface area contributed by atoms with Crippen LogP contribution in [0.1, 0.15) is 22.3 Å². The lowest BCUT2D eigenvalue weighted by Crippen LogP contribution is -2.35. The first-order valence-electron chi connectivity index (χ1n) is 11.6. The summed E-state index contributed by atoms with van der Waals surface area (Å²) in [6, 6.07) is 16.6. The average molecular weight is 472 g/mol. The molecule has 180 valence electrons. The number of pyridine rings is 3. The van der Waals surface area contributed by atoms with Gasteiger partial charge in [0.1, 0.15) is 5.75 Å². The summed E-state index contributed by atoms with van der Waals surface area (Å²) >= 11 is 0. The number of nitrogens with zero attached hydrogens (tertiary/aromatic N) is 4. The molecular weight excluding hydrogens is 442 g/mol. The van der Waals surface area contributed by atoms with Gasteiger partial charge in [0.05, 0.1) is 17.7 Å². The van der Waals surface area contributed by atoms with Crippen molar-refractivity contribution in [2.75, 3.05) is 26.2 Å². The molecule has 0 bridgehead atoms. The first kappa shape index (κ1) is 24.1. The SMILES string of the molecule is Cn1c(=O)ccc2cc(OCCCN(CCNC(=O)c3cccnc3)Cc3ccncc3)ccc21. The Bertz CT molecular complexity index is 1310. The number of carbonyl (C=O) groups is 1. The Morgan fingerprint density at radius 2 is 1.89 bits per heavy atom. The Kier molecular flexibility index (Phi) is 8.19. The summed E-state index contributed by atoms with van der Waals surface area (Å²) in [6.07, 6.45) is 7.61. The van der Waals surface area contributed by atoms with Crippen molar-refractivity contribution in [3.63, 3.8) is 0 Å². The van der Waals surface area contributed by atoms with E-state index in [1.807, 2.05) is 36.4 Å². The number of amides is 1. The molecule has 0 aliphatic carbocycles. The third-order valence-corrected chi connectivity index (χ3v) is 5.78. The number of aromatic nitrogens is 3. The second-order valence-corrected chi connectivity index (χ2v) is 8.28. The minimum Gasteiger partial charge on any atom is -0.494 e. The van der Waals surface area contributed by atoms with Crippen molar-refractivity contribution in [2.45, 2.75) is 13.0 Å². The van der Waals surface area contributed by atoms with Crippen LogP contribution in [0.15, 0.2) is 84.2 Å². The number of hydrogen-bond acceptors (Lipinski definition) is 6. The molecule has 1 N–H and O–H groups in total. The zero-order valence-corrected chi connectivity index (χ0v) is 19.8. The Morgan fingerprint density at radius 1 is 1.03 bits per heavy atom. The van der Waals surface area contributed by atoms with Gasteiger partial charge in [-0.1, -0.05) is 0 Å². The van der Waals surface area contributed by atoms with Gasteiger partial charge < -0.3 is 14.6 Å². The van der Waals surface area contributed by atoms with Crippen LogP contribution in [0.4, 0.5) is 0 Å². The molecule has 8 heteroatoms. The Balaban J connectivity index is 1.30. The highest BCUT2D eigenvalue weighted by Crippen LogP contribution is 2.19. The van der Waals surface area contributed by atoms with Crippen LogP contribution in [0.5, 0.6) is 5.75 Å². The normalized spacial score (nSPS) is 11.0. The van der Waals surface area contributed by atoms with Crippen LogP contribution in [-0.2, 0) is 13.6 Å². The van der Waals surface area contributed by atoms with Gasteiger partial charge in [-0.25, -0.2) is 0 Å². The summed E-state index contributed by atoms with van der Waals surface area (Å²) in [4.78, 5) is 34.5. The maximum absolute atomic E-state index is 12.3. The molecule has 3 heterocycles. The van der Waals surface area contributed by atoms with Crippen LogP contribution in [0, 0.1) is 0 Å². The van der Waals surface area contributed by atoms with Gasteiger partial charge in [0.2, 0.25) is 0 Å². The highest BCUT2D eigenvalue weighted by molar-refractivity contribution is 5.93. The van der Waals surface area contributed by atoms with E-state index in [-0.39, 0.29) is 11.5 Å². The summed E-state index contributed by atoms with van der Waals surface area (Å²) in [5.74, 6) is 0.652. The number of nitrogens with one attached hydrogen (secondary N) is 1. The summed E-state index contributed by atoms with van der Waals surface area (Å²) in [7, 11) is 1.77. The molecule has 0 unspecified atom stereocenters. The zero-order chi connectivity index (χ0) is 24.5. The summed E-state index contributed by atoms with van der Waals surface area (Å²) in [6.45, 7) is 3.37. The fraction of sp³-hybridized carbons (Fsp3) is 0.259. The number of benzene rings is 1. The van der Waals surface area contributed by atoms with Crippen molar-refractivity contribution in [3.05, 3.63) is 101 Å². The maximum Gasteiger partial charge on any atom is 0.252 e. The highest BCUT2D eigenvalue weighted by Gasteiger charge is 2.09. The van der Waals surface area contributed by atoms with Crippen LogP contribution < -0.4 is 15.6 Å². The molecule has 1 amide bonds. The molecule has 0 atom stereocenters.